The number of hydrogen-bond acceptors (Lipinski definition) is 4. The highest BCUT2D eigenvalue weighted by Gasteiger charge is 2.36. The number of anilines is 1. The Balaban J connectivity index is 2.42. The van der Waals surface area contributed by atoms with Gasteiger partial charge in [-0.15, -0.1) is 0 Å². The second kappa shape index (κ2) is 11.9. The molecule has 0 heterocycles. The first kappa shape index (κ1) is 27.9. The molecule has 35 heavy (non-hydrogen) atoms. The van der Waals surface area contributed by atoms with Crippen molar-refractivity contribution in [3.05, 3.63) is 65.2 Å². The summed E-state index contributed by atoms with van der Waals surface area (Å²) in [5, 5.41) is 5.72. The van der Waals surface area contributed by atoms with E-state index in [1.54, 1.807) is 27.8 Å². The molecule has 7 nitrogen and oxygen atoms in total. The van der Waals surface area contributed by atoms with E-state index in [9.17, 15) is 14.4 Å². The first-order valence-electron chi connectivity index (χ1n) is 12.0. The quantitative estimate of drug-likeness (QED) is 0.530. The van der Waals surface area contributed by atoms with Crippen molar-refractivity contribution >= 4 is 23.6 Å². The number of likely N-dealkylation sites (N-methyl/N-ethyl adjacent to an activating group) is 1. The molecule has 190 valence electrons. The highest BCUT2D eigenvalue weighted by atomic mass is 16.6. The largest absolute Gasteiger partial charge is 0.444 e. The van der Waals surface area contributed by atoms with Crippen LogP contribution >= 0.6 is 0 Å². The number of ether oxygens (including phenoxy) is 1. The molecule has 0 aliphatic carbocycles. The molecule has 0 saturated heterocycles. The predicted octanol–water partition coefficient (Wildman–Crippen LogP) is 5.38. The van der Waals surface area contributed by atoms with E-state index in [0.717, 1.165) is 16.7 Å². The van der Waals surface area contributed by atoms with Gasteiger partial charge in [-0.1, -0.05) is 62.7 Å². The monoisotopic (exact) mass is 481 g/mol. The third-order valence-electron chi connectivity index (χ3n) is 6.02. The summed E-state index contributed by atoms with van der Waals surface area (Å²) in [6.45, 7) is 13.0. The average molecular weight is 482 g/mol. The zero-order valence-corrected chi connectivity index (χ0v) is 22.1. The van der Waals surface area contributed by atoms with Crippen molar-refractivity contribution in [3.63, 3.8) is 0 Å². The number of carbonyl (C=O) groups excluding carboxylic acids is 3. The summed E-state index contributed by atoms with van der Waals surface area (Å²) in [7, 11) is 1.60. The molecule has 3 amide bonds. The molecule has 3 atom stereocenters. The third-order valence-corrected chi connectivity index (χ3v) is 6.02. The van der Waals surface area contributed by atoms with Gasteiger partial charge in [0.25, 0.3) is 5.91 Å². The number of para-hydroxylation sites is 1. The summed E-state index contributed by atoms with van der Waals surface area (Å²) in [5.41, 5.74) is 2.51. The van der Waals surface area contributed by atoms with Gasteiger partial charge in [0.2, 0.25) is 5.91 Å². The first-order valence-corrected chi connectivity index (χ1v) is 12.0. The van der Waals surface area contributed by atoms with Crippen LogP contribution in [-0.2, 0) is 14.3 Å². The molecule has 0 radical (unpaired) electrons. The van der Waals surface area contributed by atoms with Crippen LogP contribution in [0, 0.1) is 19.8 Å². The van der Waals surface area contributed by atoms with E-state index < -0.39 is 23.8 Å². The number of nitrogens with one attached hydrogen (secondary N) is 2. The average Bonchev–Trinajstić information content (AvgIpc) is 2.78. The molecule has 0 bridgehead atoms. The minimum atomic E-state index is -0.893. The van der Waals surface area contributed by atoms with Crippen molar-refractivity contribution in [3.8, 4) is 0 Å². The summed E-state index contributed by atoms with van der Waals surface area (Å²) in [6, 6.07) is 13.2. The van der Waals surface area contributed by atoms with Crippen LogP contribution in [0.2, 0.25) is 0 Å². The number of rotatable bonds is 8. The standard InChI is InChI=1S/C28H39N3O4/c1-9-18(2)23(30-27(34)35-28(5,6)7)26(33)31(8)24(21-16-12-10-14-19(21)3)25(32)29-22-17-13-11-15-20(22)4/h10-18,23-24H,9H2,1-8H3,(H,29,32)(H,30,34). The molecule has 0 aliphatic rings. The van der Waals surface area contributed by atoms with Crippen LogP contribution < -0.4 is 10.6 Å². The maximum Gasteiger partial charge on any atom is 0.408 e. The van der Waals surface area contributed by atoms with Gasteiger partial charge in [-0.25, -0.2) is 4.79 Å². The van der Waals surface area contributed by atoms with Crippen molar-refractivity contribution in [2.24, 2.45) is 5.92 Å². The highest BCUT2D eigenvalue weighted by Crippen LogP contribution is 2.27. The molecule has 0 saturated carbocycles. The van der Waals surface area contributed by atoms with Crippen LogP contribution in [0.4, 0.5) is 10.5 Å². The van der Waals surface area contributed by atoms with Gasteiger partial charge in [-0.3, -0.25) is 9.59 Å². The van der Waals surface area contributed by atoms with Crippen LogP contribution in [0.25, 0.3) is 0 Å². The molecule has 2 rings (SSSR count). The second-order valence-electron chi connectivity index (χ2n) is 10.0. The van der Waals surface area contributed by atoms with E-state index in [1.807, 2.05) is 76.2 Å². The second-order valence-corrected chi connectivity index (χ2v) is 10.0. The molecule has 2 aromatic rings. The molecule has 2 aromatic carbocycles. The minimum Gasteiger partial charge on any atom is -0.444 e. The number of amides is 3. The molecule has 0 spiro atoms. The topological polar surface area (TPSA) is 87.7 Å². The number of hydrogen-bond donors (Lipinski definition) is 2. The zero-order chi connectivity index (χ0) is 26.3. The third kappa shape index (κ3) is 7.57. The first-order chi connectivity index (χ1) is 16.4. The van der Waals surface area contributed by atoms with E-state index in [-0.39, 0.29) is 17.7 Å². The lowest BCUT2D eigenvalue weighted by atomic mass is 9.95. The lowest BCUT2D eigenvalue weighted by molar-refractivity contribution is -0.140. The van der Waals surface area contributed by atoms with Crippen molar-refractivity contribution in [1.82, 2.24) is 10.2 Å². The maximum absolute atomic E-state index is 13.8. The van der Waals surface area contributed by atoms with Crippen LogP contribution in [0.3, 0.4) is 0 Å². The number of aryl methyl sites for hydroxylation is 2. The molecule has 0 fully saturated rings. The smallest absolute Gasteiger partial charge is 0.408 e. The molecule has 0 aliphatic heterocycles. The van der Waals surface area contributed by atoms with E-state index in [1.165, 1.54) is 4.90 Å². The Bertz CT molecular complexity index is 1040. The van der Waals surface area contributed by atoms with Gasteiger partial charge in [0.05, 0.1) is 0 Å². The Kier molecular flexibility index (Phi) is 9.46. The molecule has 7 heteroatoms. The Hall–Kier alpha value is -3.35. The molecule has 2 N–H and O–H groups in total. The van der Waals surface area contributed by atoms with Crippen LogP contribution in [0.15, 0.2) is 48.5 Å². The highest BCUT2D eigenvalue weighted by molar-refractivity contribution is 5.99. The number of alkyl carbamates (subject to hydrolysis) is 1. The van der Waals surface area contributed by atoms with E-state index in [0.29, 0.717) is 12.1 Å². The molecule has 3 unspecified atom stereocenters. The molecular formula is C28H39N3O4. The maximum atomic E-state index is 13.8. The Morgan fingerprint density at radius 2 is 1.54 bits per heavy atom. The van der Waals surface area contributed by atoms with Gasteiger partial charge in [0.15, 0.2) is 0 Å². The molecule has 0 aromatic heterocycles. The lowest BCUT2D eigenvalue weighted by Crippen LogP contribution is -2.53. The summed E-state index contributed by atoms with van der Waals surface area (Å²) in [5.74, 6) is -0.863. The summed E-state index contributed by atoms with van der Waals surface area (Å²) in [4.78, 5) is 41.3. The fourth-order valence-corrected chi connectivity index (χ4v) is 3.80. The van der Waals surface area contributed by atoms with Gasteiger partial charge in [0, 0.05) is 12.7 Å². The predicted molar refractivity (Wildman–Crippen MR) is 139 cm³/mol. The van der Waals surface area contributed by atoms with Crippen molar-refractivity contribution in [1.29, 1.82) is 0 Å². The van der Waals surface area contributed by atoms with Crippen LogP contribution in [-0.4, -0.2) is 41.5 Å². The van der Waals surface area contributed by atoms with Gasteiger partial charge >= 0.3 is 6.09 Å². The van der Waals surface area contributed by atoms with Crippen molar-refractivity contribution < 1.29 is 19.1 Å². The van der Waals surface area contributed by atoms with E-state index in [2.05, 4.69) is 10.6 Å². The van der Waals surface area contributed by atoms with Gasteiger partial charge in [0.1, 0.15) is 17.7 Å². The Labute approximate surface area is 209 Å². The number of benzene rings is 2. The van der Waals surface area contributed by atoms with E-state index >= 15 is 0 Å². The fraction of sp³-hybridized carbons (Fsp3) is 0.464. The zero-order valence-electron chi connectivity index (χ0n) is 22.1. The number of carbonyl (C=O) groups is 3. The Morgan fingerprint density at radius 1 is 0.971 bits per heavy atom. The van der Waals surface area contributed by atoms with Crippen LogP contribution in [0.1, 0.15) is 63.8 Å². The normalized spacial score (nSPS) is 13.8. The summed E-state index contributed by atoms with van der Waals surface area (Å²) >= 11 is 0. The van der Waals surface area contributed by atoms with Crippen molar-refractivity contribution in [2.45, 2.75) is 72.6 Å². The van der Waals surface area contributed by atoms with Crippen molar-refractivity contribution in [2.75, 3.05) is 12.4 Å². The lowest BCUT2D eigenvalue weighted by Gasteiger charge is -2.34. The fourth-order valence-electron chi connectivity index (χ4n) is 3.80. The van der Waals surface area contributed by atoms with E-state index in [4.69, 9.17) is 4.74 Å². The molecular weight excluding hydrogens is 442 g/mol. The summed E-state index contributed by atoms with van der Waals surface area (Å²) in [6.07, 6.45) is -0.00819. The summed E-state index contributed by atoms with van der Waals surface area (Å²) < 4.78 is 5.40. The van der Waals surface area contributed by atoms with Gasteiger partial charge in [-0.05, 0) is 63.3 Å². The SMILES string of the molecule is CCC(C)C(NC(=O)OC(C)(C)C)C(=O)N(C)C(C(=O)Nc1ccccc1C)c1ccccc1C. The van der Waals surface area contributed by atoms with Gasteiger partial charge < -0.3 is 20.3 Å². The minimum absolute atomic E-state index is 0.172. The van der Waals surface area contributed by atoms with Gasteiger partial charge in [-0.2, -0.15) is 0 Å². The number of nitrogens with zero attached hydrogens (tertiary/aromatic N) is 1. The van der Waals surface area contributed by atoms with Crippen LogP contribution in [0.5, 0.6) is 0 Å². The Morgan fingerprint density at radius 3 is 2.09 bits per heavy atom.